The van der Waals surface area contributed by atoms with Crippen LogP contribution >= 0.6 is 0 Å². The van der Waals surface area contributed by atoms with Gasteiger partial charge in [-0.25, -0.2) is 19.3 Å². The molecule has 0 atom stereocenters. The molecule has 1 N–H and O–H groups in total. The smallest absolute Gasteiger partial charge is 0.254 e. The molecule has 182 valence electrons. The van der Waals surface area contributed by atoms with Gasteiger partial charge in [-0.3, -0.25) is 9.36 Å². The van der Waals surface area contributed by atoms with Crippen LogP contribution in [0.1, 0.15) is 19.4 Å². The Hall–Kier alpha value is -4.36. The second kappa shape index (κ2) is 9.02. The molecule has 4 heterocycles. The molecule has 3 aromatic heterocycles. The molecule has 0 unspecified atom stereocenters. The number of fused-ring (bicyclic) bond motifs is 1. The number of nitrogens with zero attached hydrogens (tertiary/aromatic N) is 7. The average molecular weight is 486 g/mol. The SMILES string of the molecule is CC(C)(O)C(=O)N1CCN(c2ncnc3c2c(-c2ccccc2F)cn3-c2cc(C#N)ccn2)CC1. The fourth-order valence-corrected chi connectivity index (χ4v) is 4.47. The van der Waals surface area contributed by atoms with E-state index in [1.54, 1.807) is 52.2 Å². The highest BCUT2D eigenvalue weighted by atomic mass is 19.1. The van der Waals surface area contributed by atoms with E-state index in [2.05, 4.69) is 21.0 Å². The molecule has 4 aromatic rings. The molecule has 1 amide bonds. The quantitative estimate of drug-likeness (QED) is 0.473. The number of amides is 1. The summed E-state index contributed by atoms with van der Waals surface area (Å²) in [5.41, 5.74) is 0.513. The standard InChI is InChI=1S/C26H24FN7O2/c1-26(2,36)25(35)33-11-9-32(10-12-33)23-22-19(18-5-3-4-6-20(18)27)15-34(24(22)31-16-30-23)21-13-17(14-28)7-8-29-21/h3-8,13,15-16,36H,9-12H2,1-2H3. The number of piperazine rings is 1. The van der Waals surface area contributed by atoms with Crippen LogP contribution in [-0.4, -0.2) is 67.2 Å². The van der Waals surface area contributed by atoms with Crippen molar-refractivity contribution in [3.05, 3.63) is 66.5 Å². The van der Waals surface area contributed by atoms with Crippen molar-refractivity contribution in [2.45, 2.75) is 19.4 Å². The van der Waals surface area contributed by atoms with Gasteiger partial charge in [0.2, 0.25) is 0 Å². The Bertz CT molecular complexity index is 1490. The number of benzene rings is 1. The predicted octanol–water partition coefficient (Wildman–Crippen LogP) is 2.91. The molecule has 0 saturated carbocycles. The van der Waals surface area contributed by atoms with Crippen LogP contribution in [0.25, 0.3) is 28.0 Å². The topological polar surface area (TPSA) is 111 Å². The molecule has 1 fully saturated rings. The maximum Gasteiger partial charge on any atom is 0.254 e. The Labute approximate surface area is 207 Å². The van der Waals surface area contributed by atoms with E-state index in [-0.39, 0.29) is 11.7 Å². The van der Waals surface area contributed by atoms with E-state index >= 15 is 0 Å². The van der Waals surface area contributed by atoms with Crippen LogP contribution in [0.15, 0.2) is 55.1 Å². The number of rotatable bonds is 4. The second-order valence-corrected chi connectivity index (χ2v) is 9.14. The van der Waals surface area contributed by atoms with Crippen molar-refractivity contribution >= 4 is 22.8 Å². The number of hydrogen-bond donors (Lipinski definition) is 1. The van der Waals surface area contributed by atoms with Crippen molar-refractivity contribution in [3.8, 4) is 23.0 Å². The van der Waals surface area contributed by atoms with Crippen LogP contribution in [0.3, 0.4) is 0 Å². The normalized spacial score (nSPS) is 14.2. The first-order valence-corrected chi connectivity index (χ1v) is 11.5. The third kappa shape index (κ3) is 4.14. The fraction of sp³-hybridized carbons (Fsp3) is 0.269. The minimum atomic E-state index is -1.44. The molecule has 0 aliphatic carbocycles. The lowest BCUT2D eigenvalue weighted by atomic mass is 10.0. The molecule has 0 spiro atoms. The van der Waals surface area contributed by atoms with Crippen molar-refractivity contribution < 1.29 is 14.3 Å². The number of nitriles is 1. The highest BCUT2D eigenvalue weighted by molar-refractivity contribution is 6.02. The maximum atomic E-state index is 15.0. The summed E-state index contributed by atoms with van der Waals surface area (Å²) in [6.45, 7) is 4.75. The Morgan fingerprint density at radius 1 is 1.08 bits per heavy atom. The molecule has 5 rings (SSSR count). The monoisotopic (exact) mass is 485 g/mol. The Kier molecular flexibility index (Phi) is 5.86. The highest BCUT2D eigenvalue weighted by Crippen LogP contribution is 2.37. The number of hydrogen-bond acceptors (Lipinski definition) is 7. The van der Waals surface area contributed by atoms with Gasteiger partial charge < -0.3 is 14.9 Å². The first-order valence-electron chi connectivity index (χ1n) is 11.5. The van der Waals surface area contributed by atoms with Crippen LogP contribution < -0.4 is 4.90 Å². The minimum Gasteiger partial charge on any atom is -0.381 e. The highest BCUT2D eigenvalue weighted by Gasteiger charge is 2.32. The van der Waals surface area contributed by atoms with Crippen LogP contribution in [0, 0.1) is 17.1 Å². The first kappa shape index (κ1) is 23.4. The van der Waals surface area contributed by atoms with Crippen LogP contribution in [0.2, 0.25) is 0 Å². The number of aromatic nitrogens is 4. The Morgan fingerprint density at radius 3 is 2.53 bits per heavy atom. The lowest BCUT2D eigenvalue weighted by Crippen LogP contribution is -2.54. The van der Waals surface area contributed by atoms with Gasteiger partial charge in [-0.15, -0.1) is 0 Å². The van der Waals surface area contributed by atoms with Gasteiger partial charge in [0.05, 0.1) is 17.0 Å². The molecule has 1 aliphatic rings. The van der Waals surface area contributed by atoms with Gasteiger partial charge in [0, 0.05) is 49.7 Å². The molecule has 36 heavy (non-hydrogen) atoms. The Morgan fingerprint density at radius 2 is 1.83 bits per heavy atom. The van der Waals surface area contributed by atoms with Gasteiger partial charge in [-0.1, -0.05) is 18.2 Å². The molecule has 10 heteroatoms. The van der Waals surface area contributed by atoms with E-state index in [1.807, 2.05) is 4.90 Å². The van der Waals surface area contributed by atoms with E-state index in [0.29, 0.717) is 65.5 Å². The average Bonchev–Trinajstić information content (AvgIpc) is 3.28. The van der Waals surface area contributed by atoms with Crippen molar-refractivity contribution in [3.63, 3.8) is 0 Å². The largest absolute Gasteiger partial charge is 0.381 e. The number of halogens is 1. The van der Waals surface area contributed by atoms with Gasteiger partial charge >= 0.3 is 0 Å². The predicted molar refractivity (Wildman–Crippen MR) is 132 cm³/mol. The maximum absolute atomic E-state index is 15.0. The van der Waals surface area contributed by atoms with Gasteiger partial charge in [0.25, 0.3) is 5.91 Å². The summed E-state index contributed by atoms with van der Waals surface area (Å²) in [7, 11) is 0. The zero-order chi connectivity index (χ0) is 25.4. The molecule has 0 radical (unpaired) electrons. The molecule has 0 bridgehead atoms. The van der Waals surface area contributed by atoms with Gasteiger partial charge in [0.15, 0.2) is 5.65 Å². The van der Waals surface area contributed by atoms with E-state index < -0.39 is 5.60 Å². The van der Waals surface area contributed by atoms with Crippen molar-refractivity contribution in [1.82, 2.24) is 24.4 Å². The third-order valence-corrected chi connectivity index (χ3v) is 6.24. The number of carbonyl (C=O) groups is 1. The number of carbonyl (C=O) groups excluding carboxylic acids is 1. The zero-order valence-electron chi connectivity index (χ0n) is 19.9. The zero-order valence-corrected chi connectivity index (χ0v) is 19.9. The summed E-state index contributed by atoms with van der Waals surface area (Å²) in [6.07, 6.45) is 4.75. The lowest BCUT2D eigenvalue weighted by Gasteiger charge is -2.37. The van der Waals surface area contributed by atoms with E-state index in [1.165, 1.54) is 26.2 Å². The summed E-state index contributed by atoms with van der Waals surface area (Å²) in [4.78, 5) is 29.7. The van der Waals surface area contributed by atoms with Crippen molar-refractivity contribution in [2.75, 3.05) is 31.1 Å². The van der Waals surface area contributed by atoms with Gasteiger partial charge in [-0.2, -0.15) is 5.26 Å². The molecule has 1 saturated heterocycles. The van der Waals surface area contributed by atoms with Crippen LogP contribution in [-0.2, 0) is 4.79 Å². The first-order chi connectivity index (χ1) is 17.3. The third-order valence-electron chi connectivity index (χ3n) is 6.24. The fourth-order valence-electron chi connectivity index (χ4n) is 4.47. The molecular formula is C26H24FN7O2. The molecular weight excluding hydrogens is 461 g/mol. The summed E-state index contributed by atoms with van der Waals surface area (Å²) < 4.78 is 16.7. The van der Waals surface area contributed by atoms with Gasteiger partial charge in [-0.05, 0) is 32.0 Å². The summed E-state index contributed by atoms with van der Waals surface area (Å²) in [5.74, 6) is 0.387. The number of pyridine rings is 1. The minimum absolute atomic E-state index is 0.323. The lowest BCUT2D eigenvalue weighted by molar-refractivity contribution is -0.148. The molecule has 1 aliphatic heterocycles. The molecule has 1 aromatic carbocycles. The number of anilines is 1. The van der Waals surface area contributed by atoms with Gasteiger partial charge in [0.1, 0.15) is 29.4 Å². The van der Waals surface area contributed by atoms with E-state index in [4.69, 9.17) is 0 Å². The second-order valence-electron chi connectivity index (χ2n) is 9.14. The Balaban J connectivity index is 1.63. The summed E-state index contributed by atoms with van der Waals surface area (Å²) in [5, 5.41) is 20.1. The number of aliphatic hydroxyl groups is 1. The van der Waals surface area contributed by atoms with Crippen LogP contribution in [0.4, 0.5) is 10.2 Å². The van der Waals surface area contributed by atoms with Crippen molar-refractivity contribution in [1.29, 1.82) is 5.26 Å². The van der Waals surface area contributed by atoms with E-state index in [0.717, 1.165) is 0 Å². The molecule has 9 nitrogen and oxygen atoms in total. The summed E-state index contributed by atoms with van der Waals surface area (Å²) >= 11 is 0. The van der Waals surface area contributed by atoms with Crippen LogP contribution in [0.5, 0.6) is 0 Å². The van der Waals surface area contributed by atoms with Crippen molar-refractivity contribution in [2.24, 2.45) is 0 Å². The summed E-state index contributed by atoms with van der Waals surface area (Å²) in [6, 6.07) is 11.9. The van der Waals surface area contributed by atoms with E-state index in [9.17, 15) is 19.6 Å².